The molecule has 3 aromatic rings. The molecular formula is C29H33ClFN5O. The van der Waals surface area contributed by atoms with Gasteiger partial charge >= 0.3 is 0 Å². The topological polar surface area (TPSA) is 62.2 Å². The first kappa shape index (κ1) is 26.7. The minimum Gasteiger partial charge on any atom is -0.352 e. The van der Waals surface area contributed by atoms with E-state index < -0.39 is 11.4 Å². The molecule has 1 aliphatic rings. The van der Waals surface area contributed by atoms with Crippen LogP contribution in [-0.2, 0) is 0 Å². The SMILES string of the molecule is C/C=C(/c1ccc(Cl)c(F)c1)c1cnc(C(=O)N2CCN(c3cc(C)c(C)c(C)n3)CC2(C)C)nc1C. The van der Waals surface area contributed by atoms with Crippen LogP contribution in [0.2, 0.25) is 5.02 Å². The molecule has 0 bridgehead atoms. The van der Waals surface area contributed by atoms with Crippen molar-refractivity contribution in [2.75, 3.05) is 24.5 Å². The van der Waals surface area contributed by atoms with E-state index in [2.05, 4.69) is 48.6 Å². The maximum Gasteiger partial charge on any atom is 0.292 e. The molecule has 6 nitrogen and oxygen atoms in total. The number of rotatable bonds is 4. The van der Waals surface area contributed by atoms with Gasteiger partial charge in [-0.2, -0.15) is 0 Å². The predicted molar refractivity (Wildman–Crippen MR) is 147 cm³/mol. The molecule has 0 spiro atoms. The van der Waals surface area contributed by atoms with E-state index in [4.69, 9.17) is 16.6 Å². The Morgan fingerprint density at radius 1 is 1.08 bits per heavy atom. The van der Waals surface area contributed by atoms with E-state index in [1.807, 2.05) is 31.7 Å². The van der Waals surface area contributed by atoms with E-state index in [0.29, 0.717) is 30.9 Å². The Labute approximate surface area is 223 Å². The second-order valence-corrected chi connectivity index (χ2v) is 10.6. The summed E-state index contributed by atoms with van der Waals surface area (Å²) in [6.45, 7) is 15.9. The zero-order valence-corrected chi connectivity index (χ0v) is 23.2. The molecule has 4 rings (SSSR count). The Hall–Kier alpha value is -3.32. The van der Waals surface area contributed by atoms with Crippen molar-refractivity contribution in [3.63, 3.8) is 0 Å². The summed E-state index contributed by atoms with van der Waals surface area (Å²) in [4.78, 5) is 31.4. The van der Waals surface area contributed by atoms with Crippen molar-refractivity contribution >= 4 is 28.9 Å². The minimum absolute atomic E-state index is 0.0688. The summed E-state index contributed by atoms with van der Waals surface area (Å²) in [6, 6.07) is 6.80. The largest absolute Gasteiger partial charge is 0.352 e. The highest BCUT2D eigenvalue weighted by molar-refractivity contribution is 6.30. The van der Waals surface area contributed by atoms with Crippen LogP contribution in [0.1, 0.15) is 65.0 Å². The van der Waals surface area contributed by atoms with Crippen LogP contribution in [0.25, 0.3) is 5.57 Å². The number of piperazine rings is 1. The van der Waals surface area contributed by atoms with E-state index in [1.165, 1.54) is 23.3 Å². The number of nitrogens with zero attached hydrogens (tertiary/aromatic N) is 5. The van der Waals surface area contributed by atoms with Crippen LogP contribution in [0.3, 0.4) is 0 Å². The molecule has 1 aliphatic heterocycles. The minimum atomic E-state index is -0.489. The molecule has 8 heteroatoms. The number of pyridine rings is 1. The molecule has 1 fully saturated rings. The Morgan fingerprint density at radius 2 is 1.81 bits per heavy atom. The fraction of sp³-hybridized carbons (Fsp3) is 0.379. The summed E-state index contributed by atoms with van der Waals surface area (Å²) >= 11 is 5.85. The van der Waals surface area contributed by atoms with E-state index in [-0.39, 0.29) is 16.8 Å². The van der Waals surface area contributed by atoms with Crippen LogP contribution in [0.4, 0.5) is 10.2 Å². The maximum absolute atomic E-state index is 14.1. The quantitative estimate of drug-likeness (QED) is 0.415. The lowest BCUT2D eigenvalue weighted by Gasteiger charge is -2.47. The molecule has 2 aromatic heterocycles. The average molecular weight is 522 g/mol. The van der Waals surface area contributed by atoms with Gasteiger partial charge in [-0.25, -0.2) is 19.3 Å². The van der Waals surface area contributed by atoms with E-state index in [1.54, 1.807) is 12.3 Å². The fourth-order valence-corrected chi connectivity index (χ4v) is 4.98. The van der Waals surface area contributed by atoms with Crippen LogP contribution in [-0.4, -0.2) is 50.9 Å². The monoisotopic (exact) mass is 521 g/mol. The number of hydrogen-bond donors (Lipinski definition) is 0. The van der Waals surface area contributed by atoms with Crippen molar-refractivity contribution in [3.05, 3.63) is 86.8 Å². The lowest BCUT2D eigenvalue weighted by atomic mass is 9.97. The second kappa shape index (κ2) is 10.2. The molecule has 0 saturated carbocycles. The average Bonchev–Trinajstić information content (AvgIpc) is 2.84. The molecule has 0 aliphatic carbocycles. The number of amides is 1. The number of benzene rings is 1. The zero-order chi connectivity index (χ0) is 27.1. The highest BCUT2D eigenvalue weighted by atomic mass is 35.5. The molecule has 3 heterocycles. The normalized spacial score (nSPS) is 15.8. The first-order valence-electron chi connectivity index (χ1n) is 12.4. The third-order valence-corrected chi connectivity index (χ3v) is 7.52. The van der Waals surface area contributed by atoms with Crippen molar-refractivity contribution in [2.24, 2.45) is 0 Å². The molecule has 37 heavy (non-hydrogen) atoms. The molecule has 194 valence electrons. The highest BCUT2D eigenvalue weighted by Gasteiger charge is 2.38. The number of aromatic nitrogens is 3. The molecule has 0 N–H and O–H groups in total. The smallest absolute Gasteiger partial charge is 0.292 e. The van der Waals surface area contributed by atoms with Gasteiger partial charge < -0.3 is 9.80 Å². The molecule has 1 amide bonds. The zero-order valence-electron chi connectivity index (χ0n) is 22.5. The number of anilines is 1. The fourth-order valence-electron chi connectivity index (χ4n) is 4.86. The molecule has 1 aromatic carbocycles. The van der Waals surface area contributed by atoms with Gasteiger partial charge in [0, 0.05) is 42.8 Å². The van der Waals surface area contributed by atoms with Crippen molar-refractivity contribution in [2.45, 2.75) is 54.0 Å². The first-order chi connectivity index (χ1) is 17.4. The van der Waals surface area contributed by atoms with Gasteiger partial charge in [0.1, 0.15) is 11.6 Å². The van der Waals surface area contributed by atoms with Crippen LogP contribution in [0.15, 0.2) is 36.5 Å². The van der Waals surface area contributed by atoms with Gasteiger partial charge in [-0.15, -0.1) is 0 Å². The number of aryl methyl sites for hydroxylation is 3. The number of carbonyl (C=O) groups excluding carboxylic acids is 1. The van der Waals surface area contributed by atoms with E-state index >= 15 is 0 Å². The second-order valence-electron chi connectivity index (χ2n) is 10.2. The van der Waals surface area contributed by atoms with Crippen LogP contribution >= 0.6 is 11.6 Å². The molecule has 1 saturated heterocycles. The lowest BCUT2D eigenvalue weighted by Crippen LogP contribution is -2.61. The number of allylic oxidation sites excluding steroid dienone is 1. The summed E-state index contributed by atoms with van der Waals surface area (Å²) in [5, 5.41) is 0.0688. The standard InChI is InChI=1S/C29H33ClFN5O/c1-8-22(21-9-10-24(30)25(31)14-21)23-15-32-27(34-20(23)5)28(37)36-12-11-35(16-29(36,6)7)26-13-17(2)18(3)19(4)33-26/h8-10,13-15H,11-12,16H2,1-7H3/b22-8-. The van der Waals surface area contributed by atoms with Crippen molar-refractivity contribution in [1.82, 2.24) is 19.9 Å². The van der Waals surface area contributed by atoms with Gasteiger partial charge in [0.25, 0.3) is 5.91 Å². The summed E-state index contributed by atoms with van der Waals surface area (Å²) in [5.41, 5.74) is 5.82. The summed E-state index contributed by atoms with van der Waals surface area (Å²) in [7, 11) is 0. The van der Waals surface area contributed by atoms with Crippen LogP contribution in [0.5, 0.6) is 0 Å². The Morgan fingerprint density at radius 3 is 2.41 bits per heavy atom. The van der Waals surface area contributed by atoms with E-state index in [9.17, 15) is 9.18 Å². The number of halogens is 2. The van der Waals surface area contributed by atoms with Crippen molar-refractivity contribution in [1.29, 1.82) is 0 Å². The third kappa shape index (κ3) is 5.23. The van der Waals surface area contributed by atoms with Crippen LogP contribution < -0.4 is 4.90 Å². The van der Waals surface area contributed by atoms with Crippen molar-refractivity contribution < 1.29 is 9.18 Å². The molecular weight excluding hydrogens is 489 g/mol. The number of carbonyl (C=O) groups is 1. The van der Waals surface area contributed by atoms with Gasteiger partial charge in [-0.3, -0.25) is 4.79 Å². The third-order valence-electron chi connectivity index (χ3n) is 7.21. The summed E-state index contributed by atoms with van der Waals surface area (Å²) in [6.07, 6.45) is 3.52. The number of hydrogen-bond acceptors (Lipinski definition) is 5. The van der Waals surface area contributed by atoms with Gasteiger partial charge in [0.2, 0.25) is 5.82 Å². The summed E-state index contributed by atoms with van der Waals surface area (Å²) in [5.74, 6) is 0.398. The van der Waals surface area contributed by atoms with E-state index in [0.717, 1.165) is 22.6 Å². The van der Waals surface area contributed by atoms with Gasteiger partial charge in [0.05, 0.1) is 10.6 Å². The predicted octanol–water partition coefficient (Wildman–Crippen LogP) is 6.09. The molecule has 0 atom stereocenters. The highest BCUT2D eigenvalue weighted by Crippen LogP contribution is 2.30. The van der Waals surface area contributed by atoms with Gasteiger partial charge in [-0.1, -0.05) is 23.7 Å². The van der Waals surface area contributed by atoms with Crippen LogP contribution in [0, 0.1) is 33.5 Å². The molecule has 0 radical (unpaired) electrons. The van der Waals surface area contributed by atoms with Gasteiger partial charge in [-0.05, 0) is 88.9 Å². The molecule has 0 unspecified atom stereocenters. The maximum atomic E-state index is 14.1. The Balaban J connectivity index is 1.56. The lowest BCUT2D eigenvalue weighted by molar-refractivity contribution is 0.0500. The Bertz CT molecular complexity index is 1380. The summed E-state index contributed by atoms with van der Waals surface area (Å²) < 4.78 is 14.1. The van der Waals surface area contributed by atoms with Gasteiger partial charge in [0.15, 0.2) is 0 Å². The van der Waals surface area contributed by atoms with Crippen molar-refractivity contribution in [3.8, 4) is 0 Å². The first-order valence-corrected chi connectivity index (χ1v) is 12.8. The Kier molecular flexibility index (Phi) is 7.38.